The molecular weight excluding hydrogens is 264 g/mol. The van der Waals surface area contributed by atoms with Gasteiger partial charge < -0.3 is 21.3 Å². The molecule has 21 heavy (non-hydrogen) atoms. The van der Waals surface area contributed by atoms with E-state index in [0.29, 0.717) is 18.0 Å². The average Bonchev–Trinajstić information content (AvgIpc) is 2.90. The van der Waals surface area contributed by atoms with E-state index in [-0.39, 0.29) is 17.5 Å². The quantitative estimate of drug-likeness (QED) is 0.740. The minimum atomic E-state index is -0.236. The van der Waals surface area contributed by atoms with Crippen LogP contribution in [0.25, 0.3) is 0 Å². The van der Waals surface area contributed by atoms with Crippen molar-refractivity contribution in [2.24, 2.45) is 10.7 Å². The van der Waals surface area contributed by atoms with Crippen molar-refractivity contribution in [2.45, 2.75) is 38.1 Å². The number of fused-ring (bicyclic) bond motifs is 1. The number of amidine groups is 1. The Morgan fingerprint density at radius 2 is 1.90 bits per heavy atom. The third-order valence-electron chi connectivity index (χ3n) is 4.30. The monoisotopic (exact) mass is 284 g/mol. The molecule has 0 radical (unpaired) electrons. The van der Waals surface area contributed by atoms with E-state index in [1.54, 1.807) is 13.8 Å². The molecule has 1 spiro atoms. The molecule has 5 nitrogen and oxygen atoms in total. The standard InChI is InChI=1S/C16H20N4O/c1-9(17)14(10(2)18)11-3-4-12-6-16(7-13(12)5-11)8-21-15(19)20-16/h3-5,14,17-18H,6-8H2,1-2H3,(H2,19,20). The summed E-state index contributed by atoms with van der Waals surface area (Å²) >= 11 is 0. The van der Waals surface area contributed by atoms with Crippen molar-refractivity contribution in [1.82, 2.24) is 0 Å². The van der Waals surface area contributed by atoms with Crippen LogP contribution in [0.4, 0.5) is 0 Å². The third kappa shape index (κ3) is 2.33. The van der Waals surface area contributed by atoms with Crippen LogP contribution < -0.4 is 5.73 Å². The van der Waals surface area contributed by atoms with Crippen molar-refractivity contribution >= 4 is 17.4 Å². The highest BCUT2D eigenvalue weighted by Gasteiger charge is 2.42. The Labute approximate surface area is 124 Å². The van der Waals surface area contributed by atoms with Gasteiger partial charge in [0.1, 0.15) is 12.1 Å². The lowest BCUT2D eigenvalue weighted by atomic mass is 9.89. The molecule has 0 bridgehead atoms. The maximum Gasteiger partial charge on any atom is 0.282 e. The highest BCUT2D eigenvalue weighted by molar-refractivity contribution is 6.08. The first kappa shape index (κ1) is 13.8. The SMILES string of the molecule is CC(=N)C(C(C)=N)c1ccc2c(c1)CC1(COC(N)=N1)C2. The van der Waals surface area contributed by atoms with Crippen molar-refractivity contribution in [2.75, 3.05) is 6.61 Å². The van der Waals surface area contributed by atoms with Gasteiger partial charge in [0.2, 0.25) is 0 Å². The van der Waals surface area contributed by atoms with Gasteiger partial charge in [0, 0.05) is 24.3 Å². The molecule has 1 aromatic carbocycles. The van der Waals surface area contributed by atoms with Crippen LogP contribution in [0, 0.1) is 10.8 Å². The Bertz CT molecular complexity index is 650. The largest absolute Gasteiger partial charge is 0.463 e. The Morgan fingerprint density at radius 1 is 1.24 bits per heavy atom. The van der Waals surface area contributed by atoms with Gasteiger partial charge in [-0.1, -0.05) is 18.2 Å². The molecule has 0 fully saturated rings. The van der Waals surface area contributed by atoms with Gasteiger partial charge >= 0.3 is 0 Å². The molecule has 2 aliphatic rings. The zero-order chi connectivity index (χ0) is 15.2. The van der Waals surface area contributed by atoms with Gasteiger partial charge in [-0.3, -0.25) is 0 Å². The van der Waals surface area contributed by atoms with Gasteiger partial charge in [0.25, 0.3) is 6.02 Å². The van der Waals surface area contributed by atoms with E-state index in [1.807, 2.05) is 6.07 Å². The van der Waals surface area contributed by atoms with E-state index in [2.05, 4.69) is 17.1 Å². The first-order valence-corrected chi connectivity index (χ1v) is 7.10. The van der Waals surface area contributed by atoms with Crippen LogP contribution in [0.15, 0.2) is 23.2 Å². The van der Waals surface area contributed by atoms with Crippen molar-refractivity contribution in [1.29, 1.82) is 10.8 Å². The lowest BCUT2D eigenvalue weighted by Gasteiger charge is -2.16. The van der Waals surface area contributed by atoms with Gasteiger partial charge in [0.15, 0.2) is 0 Å². The number of hydrogen-bond acceptors (Lipinski definition) is 5. The molecule has 0 amide bonds. The van der Waals surface area contributed by atoms with Crippen LogP contribution in [0.5, 0.6) is 0 Å². The highest BCUT2D eigenvalue weighted by Crippen LogP contribution is 2.37. The molecule has 1 aromatic rings. The summed E-state index contributed by atoms with van der Waals surface area (Å²) in [5.41, 5.74) is 9.94. The molecule has 3 rings (SSSR count). The molecule has 0 saturated carbocycles. The summed E-state index contributed by atoms with van der Waals surface area (Å²) in [4.78, 5) is 4.47. The second-order valence-corrected chi connectivity index (χ2v) is 6.14. The molecule has 1 atom stereocenters. The average molecular weight is 284 g/mol. The predicted molar refractivity (Wildman–Crippen MR) is 83.7 cm³/mol. The normalized spacial score (nSPS) is 24.4. The lowest BCUT2D eigenvalue weighted by molar-refractivity contribution is 0.258. The highest BCUT2D eigenvalue weighted by atomic mass is 16.5. The van der Waals surface area contributed by atoms with Gasteiger partial charge in [-0.2, -0.15) is 0 Å². The van der Waals surface area contributed by atoms with Crippen molar-refractivity contribution in [3.8, 4) is 0 Å². The number of ether oxygens (including phenoxy) is 1. The number of hydrogen-bond donors (Lipinski definition) is 3. The lowest BCUT2D eigenvalue weighted by Crippen LogP contribution is -2.28. The van der Waals surface area contributed by atoms with Gasteiger partial charge in [-0.15, -0.1) is 0 Å². The van der Waals surface area contributed by atoms with Crippen LogP contribution in [-0.2, 0) is 17.6 Å². The third-order valence-corrected chi connectivity index (χ3v) is 4.30. The number of rotatable bonds is 3. The van der Waals surface area contributed by atoms with Crippen LogP contribution in [0.1, 0.15) is 36.5 Å². The molecule has 4 N–H and O–H groups in total. The van der Waals surface area contributed by atoms with E-state index in [1.165, 1.54) is 11.1 Å². The van der Waals surface area contributed by atoms with Gasteiger partial charge in [0.05, 0.1) is 5.92 Å². The second kappa shape index (κ2) is 4.69. The topological polar surface area (TPSA) is 95.3 Å². The molecule has 0 aromatic heterocycles. The number of nitrogens with zero attached hydrogens (tertiary/aromatic N) is 1. The van der Waals surface area contributed by atoms with Crippen LogP contribution in [0.3, 0.4) is 0 Å². The zero-order valence-electron chi connectivity index (χ0n) is 12.4. The van der Waals surface area contributed by atoms with E-state index in [9.17, 15) is 0 Å². The molecule has 1 unspecified atom stereocenters. The van der Waals surface area contributed by atoms with Crippen molar-refractivity contribution < 1.29 is 4.74 Å². The molecule has 0 saturated heterocycles. The Morgan fingerprint density at radius 3 is 2.48 bits per heavy atom. The van der Waals surface area contributed by atoms with Crippen molar-refractivity contribution in [3.05, 3.63) is 34.9 Å². The molecule has 1 aliphatic carbocycles. The summed E-state index contributed by atoms with van der Waals surface area (Å²) in [5.74, 6) is -0.222. The summed E-state index contributed by atoms with van der Waals surface area (Å²) < 4.78 is 5.34. The fraction of sp³-hybridized carbons (Fsp3) is 0.438. The summed E-state index contributed by atoms with van der Waals surface area (Å²) in [6.07, 6.45) is 1.67. The van der Waals surface area contributed by atoms with E-state index >= 15 is 0 Å². The summed E-state index contributed by atoms with van der Waals surface area (Å²) in [7, 11) is 0. The van der Waals surface area contributed by atoms with Crippen LogP contribution >= 0.6 is 0 Å². The van der Waals surface area contributed by atoms with Crippen LogP contribution in [0.2, 0.25) is 0 Å². The fourth-order valence-electron chi connectivity index (χ4n) is 3.45. The second-order valence-electron chi connectivity index (χ2n) is 6.14. The minimum Gasteiger partial charge on any atom is -0.463 e. The van der Waals surface area contributed by atoms with E-state index < -0.39 is 0 Å². The van der Waals surface area contributed by atoms with Gasteiger partial charge in [-0.25, -0.2) is 4.99 Å². The van der Waals surface area contributed by atoms with Crippen molar-refractivity contribution in [3.63, 3.8) is 0 Å². The molecule has 5 heteroatoms. The zero-order valence-corrected chi connectivity index (χ0v) is 12.4. The first-order chi connectivity index (χ1) is 9.90. The fourth-order valence-corrected chi connectivity index (χ4v) is 3.45. The maximum absolute atomic E-state index is 7.90. The predicted octanol–water partition coefficient (Wildman–Crippen LogP) is 2.03. The number of aliphatic imine (C=N–C) groups is 1. The summed E-state index contributed by atoms with van der Waals surface area (Å²) in [6.45, 7) is 4.06. The number of nitrogens with one attached hydrogen (secondary N) is 2. The summed E-state index contributed by atoms with van der Waals surface area (Å²) in [6, 6.07) is 6.53. The molecular formula is C16H20N4O. The van der Waals surface area contributed by atoms with Crippen LogP contribution in [-0.4, -0.2) is 29.6 Å². The minimum absolute atomic E-state index is 0.222. The number of benzene rings is 1. The van der Waals surface area contributed by atoms with Gasteiger partial charge in [-0.05, 0) is 30.5 Å². The van der Waals surface area contributed by atoms with E-state index in [0.717, 1.165) is 18.4 Å². The molecule has 1 heterocycles. The Hall–Kier alpha value is -2.17. The smallest absolute Gasteiger partial charge is 0.282 e. The number of nitrogens with two attached hydrogens (primary N) is 1. The maximum atomic E-state index is 7.90. The molecule has 110 valence electrons. The van der Waals surface area contributed by atoms with E-state index in [4.69, 9.17) is 21.3 Å². The Kier molecular flexibility index (Phi) is 3.08. The Balaban J connectivity index is 1.94. The molecule has 1 aliphatic heterocycles. The summed E-state index contributed by atoms with van der Waals surface area (Å²) in [5, 5.41) is 15.8. The first-order valence-electron chi connectivity index (χ1n) is 7.10.